The third kappa shape index (κ3) is 11.2. The number of aliphatic carboxylic acids is 1. The van der Waals surface area contributed by atoms with Crippen LogP contribution >= 0.6 is 0 Å². The summed E-state index contributed by atoms with van der Waals surface area (Å²) in [7, 11) is -1.63. The molecule has 0 saturated carbocycles. The van der Waals surface area contributed by atoms with Crippen molar-refractivity contribution in [1.29, 1.82) is 0 Å². The molecule has 0 aliphatic heterocycles. The molecule has 196 valence electrons. The maximum absolute atomic E-state index is 12.4. The highest BCUT2D eigenvalue weighted by Gasteiger charge is 2.34. The lowest BCUT2D eigenvalue weighted by Crippen LogP contribution is -2.44. The zero-order valence-corrected chi connectivity index (χ0v) is 23.3. The summed E-state index contributed by atoms with van der Waals surface area (Å²) in [6, 6.07) is 5.58. The minimum atomic E-state index is -1.63. The lowest BCUT2D eigenvalue weighted by atomic mass is 10.0. The van der Waals surface area contributed by atoms with E-state index in [0.717, 1.165) is 48.3 Å². The molecular formula is C28H50O5Si. The molecule has 0 bridgehead atoms. The summed E-state index contributed by atoms with van der Waals surface area (Å²) < 4.78 is 11.9. The van der Waals surface area contributed by atoms with Crippen molar-refractivity contribution in [3.63, 3.8) is 0 Å². The molecule has 1 heterocycles. The summed E-state index contributed by atoms with van der Waals surface area (Å²) in [5.41, 5.74) is 0.963. The first-order chi connectivity index (χ1) is 16.4. The van der Waals surface area contributed by atoms with E-state index < -0.39 is 14.0 Å². The highest BCUT2D eigenvalue weighted by Crippen LogP contribution is 2.28. The predicted molar refractivity (Wildman–Crippen MR) is 142 cm³/mol. The third-order valence-electron chi connectivity index (χ3n) is 7.41. The maximum atomic E-state index is 12.4. The number of carbonyl (C=O) groups is 2. The van der Waals surface area contributed by atoms with Gasteiger partial charge in [0.25, 0.3) is 0 Å². The largest absolute Gasteiger partial charge is 0.481 e. The molecule has 0 aliphatic carbocycles. The van der Waals surface area contributed by atoms with Gasteiger partial charge in [-0.15, -0.1) is 0 Å². The van der Waals surface area contributed by atoms with Crippen LogP contribution in [0.4, 0.5) is 0 Å². The fraction of sp³-hybridized carbons (Fsp3) is 0.786. The second kappa shape index (κ2) is 17.8. The minimum Gasteiger partial charge on any atom is -0.481 e. The van der Waals surface area contributed by atoms with E-state index >= 15 is 0 Å². The van der Waals surface area contributed by atoms with Crippen molar-refractivity contribution in [3.05, 3.63) is 17.9 Å². The Kier molecular flexibility index (Phi) is 16.0. The Bertz CT molecular complexity index is 672. The number of carbonyl (C=O) groups excluding carboxylic acids is 1. The molecule has 1 N–H and O–H groups in total. The minimum absolute atomic E-state index is 0.00824. The summed E-state index contributed by atoms with van der Waals surface area (Å²) in [6.07, 6.45) is 15.4. The van der Waals surface area contributed by atoms with E-state index in [-0.39, 0.29) is 24.9 Å². The summed E-state index contributed by atoms with van der Waals surface area (Å²) >= 11 is 0. The van der Waals surface area contributed by atoms with E-state index in [1.165, 1.54) is 51.4 Å². The van der Waals surface area contributed by atoms with Gasteiger partial charge in [0.2, 0.25) is 0 Å². The van der Waals surface area contributed by atoms with Crippen LogP contribution in [0.25, 0.3) is 0 Å². The van der Waals surface area contributed by atoms with Crippen LogP contribution in [0.3, 0.4) is 0 Å². The van der Waals surface area contributed by atoms with Gasteiger partial charge in [0.1, 0.15) is 14.2 Å². The second-order valence-corrected chi connectivity index (χ2v) is 15.0. The number of carboxylic acids is 1. The summed E-state index contributed by atoms with van der Waals surface area (Å²) in [5.74, 6) is -1.19. The highest BCUT2D eigenvalue weighted by atomic mass is 28.3. The van der Waals surface area contributed by atoms with Gasteiger partial charge in [-0.05, 0) is 25.3 Å². The Hall–Kier alpha value is -1.56. The summed E-state index contributed by atoms with van der Waals surface area (Å²) in [4.78, 5) is 23.2. The SMILES string of the molecule is CCCCCCCCCCCCC(OC(=O)CCCC(=O)O)c1coc([Si](CC)(CC)CC)c1. The lowest BCUT2D eigenvalue weighted by Gasteiger charge is -2.24. The van der Waals surface area contributed by atoms with E-state index in [9.17, 15) is 9.59 Å². The van der Waals surface area contributed by atoms with E-state index in [0.29, 0.717) is 6.42 Å². The summed E-state index contributed by atoms with van der Waals surface area (Å²) in [5, 5.41) is 9.95. The van der Waals surface area contributed by atoms with Gasteiger partial charge in [0, 0.05) is 18.4 Å². The average Bonchev–Trinajstić information content (AvgIpc) is 3.31. The Morgan fingerprint density at radius 3 is 1.94 bits per heavy atom. The number of unbranched alkanes of at least 4 members (excludes halogenated alkanes) is 9. The fourth-order valence-corrected chi connectivity index (χ4v) is 8.11. The van der Waals surface area contributed by atoms with Crippen LogP contribution in [0.1, 0.15) is 129 Å². The molecule has 0 aromatic carbocycles. The van der Waals surface area contributed by atoms with Gasteiger partial charge in [0.05, 0.1) is 11.6 Å². The fourth-order valence-electron chi connectivity index (χ4n) is 4.78. The van der Waals surface area contributed by atoms with Crippen LogP contribution in [-0.4, -0.2) is 25.1 Å². The molecule has 34 heavy (non-hydrogen) atoms. The first-order valence-electron chi connectivity index (χ1n) is 13.9. The zero-order chi connectivity index (χ0) is 25.2. The first kappa shape index (κ1) is 30.5. The van der Waals surface area contributed by atoms with E-state index in [1.807, 2.05) is 0 Å². The number of hydrogen-bond acceptors (Lipinski definition) is 4. The zero-order valence-electron chi connectivity index (χ0n) is 22.3. The number of furan rings is 1. The molecule has 1 aromatic rings. The van der Waals surface area contributed by atoms with Crippen LogP contribution in [0.15, 0.2) is 16.7 Å². The molecule has 0 aliphatic rings. The molecule has 0 fully saturated rings. The number of ether oxygens (including phenoxy) is 1. The number of esters is 1. The Balaban J connectivity index is 2.64. The van der Waals surface area contributed by atoms with Crippen LogP contribution < -0.4 is 5.38 Å². The van der Waals surface area contributed by atoms with Crippen molar-refractivity contribution in [3.8, 4) is 0 Å². The number of hydrogen-bond donors (Lipinski definition) is 1. The van der Waals surface area contributed by atoms with E-state index in [2.05, 4.69) is 33.8 Å². The lowest BCUT2D eigenvalue weighted by molar-refractivity contribution is -0.150. The molecule has 0 saturated heterocycles. The van der Waals surface area contributed by atoms with Crippen LogP contribution in [0.2, 0.25) is 18.1 Å². The van der Waals surface area contributed by atoms with Gasteiger partial charge in [0.15, 0.2) is 0 Å². The van der Waals surface area contributed by atoms with Crippen molar-refractivity contribution in [1.82, 2.24) is 0 Å². The van der Waals surface area contributed by atoms with Crippen molar-refractivity contribution in [2.75, 3.05) is 0 Å². The topological polar surface area (TPSA) is 76.7 Å². The highest BCUT2D eigenvalue weighted by molar-refractivity contribution is 6.90. The van der Waals surface area contributed by atoms with Crippen molar-refractivity contribution >= 4 is 25.4 Å². The maximum Gasteiger partial charge on any atom is 0.306 e. The molecule has 0 radical (unpaired) electrons. The van der Waals surface area contributed by atoms with Gasteiger partial charge in [-0.25, -0.2) is 0 Å². The third-order valence-corrected chi connectivity index (χ3v) is 12.8. The van der Waals surface area contributed by atoms with Gasteiger partial charge in [-0.2, -0.15) is 0 Å². The predicted octanol–water partition coefficient (Wildman–Crippen LogP) is 8.15. The van der Waals surface area contributed by atoms with Gasteiger partial charge in [-0.3, -0.25) is 9.59 Å². The Labute approximate surface area is 209 Å². The smallest absolute Gasteiger partial charge is 0.306 e. The Morgan fingerprint density at radius 2 is 1.41 bits per heavy atom. The van der Waals surface area contributed by atoms with E-state index in [1.54, 1.807) is 6.26 Å². The second-order valence-electron chi connectivity index (χ2n) is 9.78. The number of carboxylic acid groups (broad SMARTS) is 1. The quantitative estimate of drug-likeness (QED) is 0.106. The monoisotopic (exact) mass is 494 g/mol. The molecular weight excluding hydrogens is 444 g/mol. The van der Waals surface area contributed by atoms with E-state index in [4.69, 9.17) is 14.3 Å². The molecule has 1 aromatic heterocycles. The molecule has 1 unspecified atom stereocenters. The van der Waals surface area contributed by atoms with Gasteiger partial charge >= 0.3 is 11.9 Å². The first-order valence-corrected chi connectivity index (χ1v) is 16.5. The van der Waals surface area contributed by atoms with Gasteiger partial charge < -0.3 is 14.3 Å². The van der Waals surface area contributed by atoms with Crippen LogP contribution in [0, 0.1) is 0 Å². The number of rotatable bonds is 21. The van der Waals surface area contributed by atoms with Gasteiger partial charge in [-0.1, -0.05) is 104 Å². The molecule has 0 spiro atoms. The average molecular weight is 495 g/mol. The normalized spacial score (nSPS) is 12.6. The molecule has 1 atom stereocenters. The van der Waals surface area contributed by atoms with Crippen LogP contribution in [0.5, 0.6) is 0 Å². The van der Waals surface area contributed by atoms with Crippen molar-refractivity contribution in [2.24, 2.45) is 0 Å². The Morgan fingerprint density at radius 1 is 0.853 bits per heavy atom. The molecule has 1 rings (SSSR count). The molecule has 5 nitrogen and oxygen atoms in total. The van der Waals surface area contributed by atoms with Crippen LogP contribution in [-0.2, 0) is 14.3 Å². The molecule has 0 amide bonds. The van der Waals surface area contributed by atoms with Crippen molar-refractivity contribution < 1.29 is 23.8 Å². The van der Waals surface area contributed by atoms with Crippen molar-refractivity contribution in [2.45, 2.75) is 142 Å². The molecule has 6 heteroatoms. The standard InChI is InChI=1S/C28H50O5Si/c1-5-9-10-11-12-13-14-15-16-17-19-25(33-27(31)21-18-20-26(29)30)24-22-28(32-23-24)34(6-2,7-3)8-4/h22-23,25H,5-21H2,1-4H3,(H,29,30). The summed E-state index contributed by atoms with van der Waals surface area (Å²) in [6.45, 7) is 9.02.